The lowest BCUT2D eigenvalue weighted by Crippen LogP contribution is -2.45. The highest BCUT2D eigenvalue weighted by Crippen LogP contribution is 2.43. The van der Waals surface area contributed by atoms with Crippen LogP contribution in [0.15, 0.2) is 29.1 Å². The van der Waals surface area contributed by atoms with Crippen molar-refractivity contribution in [1.29, 1.82) is 0 Å². The number of fused-ring (bicyclic) bond motifs is 4. The molecule has 8 heteroatoms. The van der Waals surface area contributed by atoms with Crippen molar-refractivity contribution in [2.24, 2.45) is 0 Å². The predicted molar refractivity (Wildman–Crippen MR) is 93.8 cm³/mol. The predicted octanol–water partition coefficient (Wildman–Crippen LogP) is 4.11. The monoisotopic (exact) mass is 381 g/mol. The fraction of sp³-hybridized carbons (Fsp3) is 0.294. The first-order chi connectivity index (χ1) is 11.9. The quantitative estimate of drug-likeness (QED) is 0.729. The fourth-order valence-electron chi connectivity index (χ4n) is 3.74. The number of aromatic nitrogens is 1. The molecular formula is C17H14Cl2FN3O2. The highest BCUT2D eigenvalue weighted by atomic mass is 35.5. The number of anilines is 1. The number of urea groups is 1. The van der Waals surface area contributed by atoms with Crippen molar-refractivity contribution in [3.8, 4) is 0 Å². The number of pyridine rings is 1. The zero-order chi connectivity index (χ0) is 17.7. The van der Waals surface area contributed by atoms with Gasteiger partial charge in [-0.25, -0.2) is 9.18 Å². The van der Waals surface area contributed by atoms with E-state index in [0.717, 1.165) is 30.2 Å². The highest BCUT2D eigenvalue weighted by Gasteiger charge is 2.43. The molecule has 2 amide bonds. The Morgan fingerprint density at radius 3 is 2.80 bits per heavy atom. The number of carbonyl (C=O) groups is 1. The molecule has 0 radical (unpaired) electrons. The van der Waals surface area contributed by atoms with Gasteiger partial charge in [0.25, 0.3) is 0 Å². The molecule has 1 aromatic heterocycles. The zero-order valence-electron chi connectivity index (χ0n) is 13.0. The van der Waals surface area contributed by atoms with Gasteiger partial charge in [0, 0.05) is 24.2 Å². The average molecular weight is 382 g/mol. The van der Waals surface area contributed by atoms with Crippen molar-refractivity contribution >= 4 is 34.9 Å². The van der Waals surface area contributed by atoms with Crippen LogP contribution in [-0.4, -0.2) is 22.0 Å². The van der Waals surface area contributed by atoms with E-state index >= 15 is 0 Å². The van der Waals surface area contributed by atoms with Crippen LogP contribution in [0.5, 0.6) is 0 Å². The molecule has 2 N–H and O–H groups in total. The smallest absolute Gasteiger partial charge is 0.322 e. The van der Waals surface area contributed by atoms with E-state index in [1.54, 1.807) is 11.0 Å². The maximum absolute atomic E-state index is 14.0. The molecular weight excluding hydrogens is 368 g/mol. The maximum atomic E-state index is 14.0. The molecule has 2 aliphatic heterocycles. The summed E-state index contributed by atoms with van der Waals surface area (Å²) in [7, 11) is 0. The van der Waals surface area contributed by atoms with Gasteiger partial charge in [0.15, 0.2) is 0 Å². The van der Waals surface area contributed by atoms with Crippen molar-refractivity contribution in [2.75, 3.05) is 5.32 Å². The molecule has 2 atom stereocenters. The van der Waals surface area contributed by atoms with Gasteiger partial charge in [0.2, 0.25) is 5.56 Å². The van der Waals surface area contributed by atoms with E-state index in [2.05, 4.69) is 10.3 Å². The zero-order valence-corrected chi connectivity index (χ0v) is 14.5. The summed E-state index contributed by atoms with van der Waals surface area (Å²) in [5.74, 6) is -0.642. The summed E-state index contributed by atoms with van der Waals surface area (Å²) >= 11 is 11.7. The molecule has 25 heavy (non-hydrogen) atoms. The molecule has 2 aliphatic rings. The lowest BCUT2D eigenvalue weighted by molar-refractivity contribution is 0.178. The summed E-state index contributed by atoms with van der Waals surface area (Å²) in [6.07, 6.45) is 2.22. The van der Waals surface area contributed by atoms with Gasteiger partial charge in [-0.3, -0.25) is 4.79 Å². The molecule has 0 spiro atoms. The molecule has 130 valence electrons. The van der Waals surface area contributed by atoms with Crippen molar-refractivity contribution < 1.29 is 9.18 Å². The summed E-state index contributed by atoms with van der Waals surface area (Å²) in [6, 6.07) is 5.06. The third kappa shape index (κ3) is 2.79. The Morgan fingerprint density at radius 2 is 2.00 bits per heavy atom. The van der Waals surface area contributed by atoms with Crippen LogP contribution in [0.1, 0.15) is 30.1 Å². The minimum atomic E-state index is -0.642. The molecule has 0 saturated carbocycles. The SMILES string of the molecule is O=C(Nc1cc(Cl)c(Cl)cc1F)N1C2CCC1c1ccc(=O)[nH]c1C2. The third-order valence-electron chi connectivity index (χ3n) is 4.82. The van der Waals surface area contributed by atoms with E-state index in [1.807, 2.05) is 0 Å². The normalized spacial score (nSPS) is 21.2. The molecule has 1 fully saturated rings. The van der Waals surface area contributed by atoms with Crippen LogP contribution in [0.3, 0.4) is 0 Å². The van der Waals surface area contributed by atoms with E-state index in [-0.39, 0.29) is 39.4 Å². The van der Waals surface area contributed by atoms with Crippen LogP contribution in [0.2, 0.25) is 10.0 Å². The van der Waals surface area contributed by atoms with Crippen LogP contribution >= 0.6 is 23.2 Å². The Bertz CT molecular complexity index is 931. The number of benzene rings is 1. The number of aromatic amines is 1. The Labute approximate surface area is 152 Å². The van der Waals surface area contributed by atoms with Crippen LogP contribution < -0.4 is 10.9 Å². The number of nitrogens with zero attached hydrogens (tertiary/aromatic N) is 1. The average Bonchev–Trinajstić information content (AvgIpc) is 2.88. The number of carbonyl (C=O) groups excluding carboxylic acids is 1. The first kappa shape index (κ1) is 16.4. The second kappa shape index (κ2) is 6.04. The van der Waals surface area contributed by atoms with Crippen molar-refractivity contribution in [3.63, 3.8) is 0 Å². The van der Waals surface area contributed by atoms with Gasteiger partial charge in [-0.15, -0.1) is 0 Å². The Hall–Kier alpha value is -2.05. The van der Waals surface area contributed by atoms with E-state index < -0.39 is 5.82 Å². The number of halogens is 3. The topological polar surface area (TPSA) is 65.2 Å². The largest absolute Gasteiger partial charge is 0.326 e. The van der Waals surface area contributed by atoms with Gasteiger partial charge in [-0.1, -0.05) is 23.2 Å². The molecule has 2 bridgehead atoms. The summed E-state index contributed by atoms with van der Waals surface area (Å²) < 4.78 is 14.0. The summed E-state index contributed by atoms with van der Waals surface area (Å²) in [4.78, 5) is 28.8. The van der Waals surface area contributed by atoms with E-state index in [9.17, 15) is 14.0 Å². The molecule has 1 saturated heterocycles. The maximum Gasteiger partial charge on any atom is 0.322 e. The molecule has 3 heterocycles. The minimum absolute atomic E-state index is 0.00827. The fourth-order valence-corrected chi connectivity index (χ4v) is 4.05. The second-order valence-electron chi connectivity index (χ2n) is 6.29. The first-order valence-corrected chi connectivity index (χ1v) is 8.65. The molecule has 5 nitrogen and oxygen atoms in total. The Balaban J connectivity index is 1.63. The number of hydrogen-bond donors (Lipinski definition) is 2. The van der Waals surface area contributed by atoms with Crippen LogP contribution in [0, 0.1) is 5.82 Å². The molecule has 4 rings (SSSR count). The molecule has 1 aromatic carbocycles. The van der Waals surface area contributed by atoms with E-state index in [1.165, 1.54) is 12.1 Å². The number of amides is 2. The number of H-pyrrole nitrogens is 1. The second-order valence-corrected chi connectivity index (χ2v) is 7.11. The van der Waals surface area contributed by atoms with Crippen molar-refractivity contribution in [2.45, 2.75) is 31.3 Å². The minimum Gasteiger partial charge on any atom is -0.326 e. The van der Waals surface area contributed by atoms with E-state index in [4.69, 9.17) is 23.2 Å². The molecule has 0 aliphatic carbocycles. The van der Waals surface area contributed by atoms with Gasteiger partial charge in [-0.05, 0) is 36.6 Å². The molecule has 2 aromatic rings. The standard InChI is InChI=1S/C17H14Cl2FN3O2/c18-10-6-12(20)14(7-11(10)19)22-17(25)23-8-1-3-15(23)9-2-4-16(24)21-13(9)5-8/h2,4,6-8,15H,1,3,5H2,(H,21,24)(H,22,25). The first-order valence-electron chi connectivity index (χ1n) is 7.90. The summed E-state index contributed by atoms with van der Waals surface area (Å²) in [6.45, 7) is 0. The third-order valence-corrected chi connectivity index (χ3v) is 5.55. The van der Waals surface area contributed by atoms with Gasteiger partial charge in [-0.2, -0.15) is 0 Å². The van der Waals surface area contributed by atoms with Gasteiger partial charge in [0.05, 0.1) is 21.8 Å². The number of nitrogens with one attached hydrogen (secondary N) is 2. The summed E-state index contributed by atoms with van der Waals surface area (Å²) in [5.41, 5.74) is 1.67. The van der Waals surface area contributed by atoms with Crippen LogP contribution in [0.4, 0.5) is 14.9 Å². The van der Waals surface area contributed by atoms with E-state index in [0.29, 0.717) is 6.42 Å². The van der Waals surface area contributed by atoms with Gasteiger partial charge in [0.1, 0.15) is 5.82 Å². The highest BCUT2D eigenvalue weighted by molar-refractivity contribution is 6.42. The van der Waals surface area contributed by atoms with Gasteiger partial charge < -0.3 is 15.2 Å². The Morgan fingerprint density at radius 1 is 1.24 bits per heavy atom. The van der Waals surface area contributed by atoms with Crippen molar-refractivity contribution in [1.82, 2.24) is 9.88 Å². The lowest BCUT2D eigenvalue weighted by Gasteiger charge is -2.36. The number of rotatable bonds is 1. The summed E-state index contributed by atoms with van der Waals surface area (Å²) in [5, 5.41) is 2.85. The lowest BCUT2D eigenvalue weighted by atomic mass is 9.98. The Kier molecular flexibility index (Phi) is 3.96. The molecule has 2 unspecified atom stereocenters. The number of hydrogen-bond acceptors (Lipinski definition) is 2. The van der Waals surface area contributed by atoms with Crippen LogP contribution in [0.25, 0.3) is 0 Å². The van der Waals surface area contributed by atoms with Gasteiger partial charge >= 0.3 is 6.03 Å². The van der Waals surface area contributed by atoms with Crippen LogP contribution in [-0.2, 0) is 6.42 Å². The van der Waals surface area contributed by atoms with Crippen molar-refractivity contribution in [3.05, 3.63) is 61.7 Å².